The minimum Gasteiger partial charge on any atom is -0.350 e. The van der Waals surface area contributed by atoms with Crippen LogP contribution in [0.2, 0.25) is 0 Å². The van der Waals surface area contributed by atoms with Crippen LogP contribution in [0.5, 0.6) is 0 Å². The van der Waals surface area contributed by atoms with Gasteiger partial charge in [0, 0.05) is 6.54 Å². The van der Waals surface area contributed by atoms with Crippen molar-refractivity contribution in [3.63, 3.8) is 0 Å². The van der Waals surface area contributed by atoms with Crippen LogP contribution in [0.15, 0.2) is 78.9 Å². The summed E-state index contributed by atoms with van der Waals surface area (Å²) in [6.07, 6.45) is -1.35. The Kier molecular flexibility index (Phi) is 7.08. The third kappa shape index (κ3) is 4.87. The van der Waals surface area contributed by atoms with E-state index in [4.69, 9.17) is 0 Å². The van der Waals surface area contributed by atoms with E-state index in [-0.39, 0.29) is 12.5 Å². The number of alkyl halides is 3. The van der Waals surface area contributed by atoms with Crippen LogP contribution in [0.4, 0.5) is 13.2 Å². The second-order valence-corrected chi connectivity index (χ2v) is 8.88. The van der Waals surface area contributed by atoms with Crippen LogP contribution in [0.1, 0.15) is 47.1 Å². The van der Waals surface area contributed by atoms with Gasteiger partial charge in [-0.25, -0.2) is 0 Å². The van der Waals surface area contributed by atoms with Crippen molar-refractivity contribution in [3.05, 3.63) is 107 Å². The molecule has 0 radical (unpaired) electrons. The highest BCUT2D eigenvalue weighted by Crippen LogP contribution is 2.38. The number of amides is 1. The summed E-state index contributed by atoms with van der Waals surface area (Å²) in [5.74, 6) is -0.234. The molecule has 3 nitrogen and oxygen atoms in total. The van der Waals surface area contributed by atoms with E-state index >= 15 is 0 Å². The normalized spacial score (nSPS) is 15.2. The largest absolute Gasteiger partial charge is 0.416 e. The molecule has 1 heterocycles. The monoisotopic (exact) mass is 466 g/mol. The highest BCUT2D eigenvalue weighted by Gasteiger charge is 2.47. The molecule has 0 aromatic heterocycles. The molecule has 1 fully saturated rings. The molecule has 0 aliphatic carbocycles. The van der Waals surface area contributed by atoms with Gasteiger partial charge in [-0.15, -0.1) is 0 Å². The van der Waals surface area contributed by atoms with Gasteiger partial charge in [0.25, 0.3) is 0 Å². The number of likely N-dealkylation sites (tertiary alicyclic amines) is 1. The number of halogens is 3. The zero-order chi connectivity index (χ0) is 24.2. The van der Waals surface area contributed by atoms with E-state index in [9.17, 15) is 18.0 Å². The van der Waals surface area contributed by atoms with Crippen LogP contribution in [-0.4, -0.2) is 23.9 Å². The summed E-state index contributed by atoms with van der Waals surface area (Å²) in [5.41, 5.74) is 0.855. The van der Waals surface area contributed by atoms with E-state index in [0.717, 1.165) is 55.6 Å². The van der Waals surface area contributed by atoms with Crippen LogP contribution in [0.3, 0.4) is 0 Å². The first-order valence-electron chi connectivity index (χ1n) is 11.6. The van der Waals surface area contributed by atoms with Gasteiger partial charge >= 0.3 is 6.18 Å². The van der Waals surface area contributed by atoms with Crippen LogP contribution in [0.25, 0.3) is 0 Å². The van der Waals surface area contributed by atoms with Gasteiger partial charge in [-0.05, 0) is 61.7 Å². The number of rotatable bonds is 6. The lowest BCUT2D eigenvalue weighted by Gasteiger charge is -2.45. The SMILES string of the molecule is Cc1cc(CNC(=O)C(c2ccccc2)(c2ccccc2)N2CCCCC2)cc(C(F)(F)F)c1. The average Bonchev–Trinajstić information content (AvgIpc) is 2.84. The van der Waals surface area contributed by atoms with Crippen molar-refractivity contribution in [3.8, 4) is 0 Å². The smallest absolute Gasteiger partial charge is 0.350 e. The summed E-state index contributed by atoms with van der Waals surface area (Å²) in [6.45, 7) is 3.17. The van der Waals surface area contributed by atoms with Gasteiger partial charge < -0.3 is 5.32 Å². The third-order valence-electron chi connectivity index (χ3n) is 6.46. The summed E-state index contributed by atoms with van der Waals surface area (Å²) >= 11 is 0. The van der Waals surface area contributed by atoms with Gasteiger partial charge in [-0.1, -0.05) is 78.7 Å². The lowest BCUT2D eigenvalue weighted by Crippen LogP contribution is -2.58. The molecule has 1 amide bonds. The highest BCUT2D eigenvalue weighted by molar-refractivity contribution is 5.91. The van der Waals surface area contributed by atoms with Crippen molar-refractivity contribution in [2.75, 3.05) is 13.1 Å². The van der Waals surface area contributed by atoms with Gasteiger partial charge in [0.2, 0.25) is 5.91 Å². The standard InChI is InChI=1S/C28H29F3N2O/c1-21-17-22(19-25(18-21)28(29,30)31)20-32-26(34)27(23-11-5-2-6-12-23,24-13-7-3-8-14-24)33-15-9-4-10-16-33/h2-3,5-8,11-14,17-19H,4,9-10,15-16,20H2,1H3,(H,32,34). The molecular formula is C28H29F3N2O. The maximum absolute atomic E-state index is 14.1. The first kappa shape index (κ1) is 24.0. The Bertz CT molecular complexity index is 1070. The Morgan fingerprint density at radius 2 is 1.38 bits per heavy atom. The Morgan fingerprint density at radius 3 is 1.91 bits per heavy atom. The van der Waals surface area contributed by atoms with Gasteiger partial charge in [0.05, 0.1) is 5.56 Å². The molecule has 0 bridgehead atoms. The Morgan fingerprint density at radius 1 is 0.824 bits per heavy atom. The van der Waals surface area contributed by atoms with Crippen LogP contribution in [0, 0.1) is 6.92 Å². The Hall–Kier alpha value is -3.12. The van der Waals surface area contributed by atoms with E-state index < -0.39 is 17.3 Å². The Balaban J connectivity index is 1.75. The molecule has 0 saturated carbocycles. The number of hydrogen-bond acceptors (Lipinski definition) is 2. The molecule has 3 aromatic carbocycles. The summed E-state index contributed by atoms with van der Waals surface area (Å²) in [7, 11) is 0. The molecule has 3 aromatic rings. The van der Waals surface area contributed by atoms with Gasteiger partial charge in [-0.2, -0.15) is 13.2 Å². The number of carbonyl (C=O) groups is 1. The average molecular weight is 467 g/mol. The summed E-state index contributed by atoms with van der Waals surface area (Å²) in [5, 5.41) is 2.99. The summed E-state index contributed by atoms with van der Waals surface area (Å²) in [6, 6.07) is 23.2. The molecular weight excluding hydrogens is 437 g/mol. The van der Waals surface area contributed by atoms with Crippen LogP contribution >= 0.6 is 0 Å². The third-order valence-corrected chi connectivity index (χ3v) is 6.46. The number of carbonyl (C=O) groups excluding carboxylic acids is 1. The zero-order valence-electron chi connectivity index (χ0n) is 19.2. The second kappa shape index (κ2) is 10.0. The van der Waals surface area contributed by atoms with Crippen molar-refractivity contribution >= 4 is 5.91 Å². The predicted octanol–water partition coefficient (Wildman–Crippen LogP) is 6.06. The predicted molar refractivity (Wildman–Crippen MR) is 127 cm³/mol. The summed E-state index contributed by atoms with van der Waals surface area (Å²) in [4.78, 5) is 16.3. The number of piperidine rings is 1. The van der Waals surface area contributed by atoms with E-state index in [1.807, 2.05) is 60.7 Å². The molecule has 0 unspecified atom stereocenters. The number of benzene rings is 3. The minimum absolute atomic E-state index is 0.0127. The van der Waals surface area contributed by atoms with E-state index in [1.165, 1.54) is 0 Å². The van der Waals surface area contributed by atoms with E-state index in [0.29, 0.717) is 11.1 Å². The topological polar surface area (TPSA) is 32.3 Å². The second-order valence-electron chi connectivity index (χ2n) is 8.88. The summed E-state index contributed by atoms with van der Waals surface area (Å²) < 4.78 is 40.0. The van der Waals surface area contributed by atoms with Gasteiger partial charge in [0.15, 0.2) is 5.54 Å². The molecule has 4 rings (SSSR count). The molecule has 0 spiro atoms. The fourth-order valence-electron chi connectivity index (χ4n) is 4.96. The number of hydrogen-bond donors (Lipinski definition) is 1. The fourth-order valence-corrected chi connectivity index (χ4v) is 4.96. The zero-order valence-corrected chi connectivity index (χ0v) is 19.2. The fraction of sp³-hybridized carbons (Fsp3) is 0.321. The maximum Gasteiger partial charge on any atom is 0.416 e. The molecule has 34 heavy (non-hydrogen) atoms. The van der Waals surface area contributed by atoms with Crippen molar-refractivity contribution < 1.29 is 18.0 Å². The van der Waals surface area contributed by atoms with Crippen molar-refractivity contribution in [2.45, 2.75) is 44.4 Å². The number of aryl methyl sites for hydroxylation is 1. The lowest BCUT2D eigenvalue weighted by atomic mass is 9.79. The molecule has 6 heteroatoms. The quantitative estimate of drug-likeness (QED) is 0.479. The van der Waals surface area contributed by atoms with Crippen molar-refractivity contribution in [1.29, 1.82) is 0 Å². The lowest BCUT2D eigenvalue weighted by molar-refractivity contribution is -0.137. The Labute approximate surface area is 198 Å². The molecule has 1 N–H and O–H groups in total. The molecule has 1 saturated heterocycles. The minimum atomic E-state index is -4.43. The van der Waals surface area contributed by atoms with Crippen molar-refractivity contribution in [1.82, 2.24) is 10.2 Å². The van der Waals surface area contributed by atoms with E-state index in [2.05, 4.69) is 10.2 Å². The van der Waals surface area contributed by atoms with E-state index in [1.54, 1.807) is 13.0 Å². The molecule has 178 valence electrons. The number of nitrogens with one attached hydrogen (secondary N) is 1. The first-order chi connectivity index (χ1) is 16.3. The van der Waals surface area contributed by atoms with Crippen LogP contribution in [-0.2, 0) is 23.1 Å². The highest BCUT2D eigenvalue weighted by atomic mass is 19.4. The maximum atomic E-state index is 14.1. The first-order valence-corrected chi connectivity index (χ1v) is 11.6. The molecule has 1 aliphatic heterocycles. The molecule has 1 aliphatic rings. The molecule has 0 atom stereocenters. The van der Waals surface area contributed by atoms with Gasteiger partial charge in [-0.3, -0.25) is 9.69 Å². The van der Waals surface area contributed by atoms with Crippen LogP contribution < -0.4 is 5.32 Å². The van der Waals surface area contributed by atoms with Gasteiger partial charge in [0.1, 0.15) is 0 Å². The van der Waals surface area contributed by atoms with Crippen molar-refractivity contribution in [2.24, 2.45) is 0 Å². The number of nitrogens with zero attached hydrogens (tertiary/aromatic N) is 1.